The molecular formula is C20H16ClN7. The molecule has 2 aromatic heterocycles. The van der Waals surface area contributed by atoms with E-state index in [1.54, 1.807) is 15.7 Å². The fourth-order valence-corrected chi connectivity index (χ4v) is 3.59. The highest BCUT2D eigenvalue weighted by Gasteiger charge is 2.26. The van der Waals surface area contributed by atoms with E-state index in [4.69, 9.17) is 11.6 Å². The first-order valence-electron chi connectivity index (χ1n) is 8.77. The normalized spacial score (nSPS) is 13.1. The Morgan fingerprint density at radius 2 is 1.68 bits per heavy atom. The first kappa shape index (κ1) is 16.6. The summed E-state index contributed by atoms with van der Waals surface area (Å²) in [6, 6.07) is 19.8. The zero-order valence-electron chi connectivity index (χ0n) is 15.0. The number of aromatic nitrogens is 5. The number of halogens is 1. The van der Waals surface area contributed by atoms with Crippen LogP contribution in [0, 0.1) is 6.92 Å². The van der Waals surface area contributed by atoms with E-state index in [9.17, 15) is 0 Å². The van der Waals surface area contributed by atoms with Crippen LogP contribution in [0.3, 0.4) is 0 Å². The number of benzene rings is 2. The molecule has 0 aliphatic carbocycles. The van der Waals surface area contributed by atoms with Crippen molar-refractivity contribution >= 4 is 28.9 Å². The third-order valence-corrected chi connectivity index (χ3v) is 4.89. The molecule has 0 fully saturated rings. The van der Waals surface area contributed by atoms with Crippen LogP contribution < -0.4 is 10.3 Å². The molecule has 28 heavy (non-hydrogen) atoms. The topological polar surface area (TPSA) is 63.8 Å². The standard InChI is InChI=1S/C20H16ClN7/c1-14-18(19(21)28(25-14)16-10-6-3-7-11-16)26-12-17(15-8-4-2-5-9-15)23-20-24-22-13-27(20)26/h2-13H,1H3,(H,23,24). The molecule has 0 saturated heterocycles. The van der Waals surface area contributed by atoms with Crippen LogP contribution in [0.5, 0.6) is 0 Å². The van der Waals surface area contributed by atoms with E-state index in [2.05, 4.69) is 20.6 Å². The van der Waals surface area contributed by atoms with Crippen molar-refractivity contribution in [2.24, 2.45) is 0 Å². The molecule has 0 saturated carbocycles. The SMILES string of the molecule is Cc1nn(-c2ccccc2)c(Cl)c1N1C=C(c2ccccc2)Nc2nncn21. The quantitative estimate of drug-likeness (QED) is 0.571. The van der Waals surface area contributed by atoms with Crippen LogP contribution in [0.4, 0.5) is 11.6 Å². The molecule has 0 unspecified atom stereocenters. The summed E-state index contributed by atoms with van der Waals surface area (Å²) in [7, 11) is 0. The lowest BCUT2D eigenvalue weighted by Gasteiger charge is -2.28. The molecular weight excluding hydrogens is 374 g/mol. The van der Waals surface area contributed by atoms with E-state index >= 15 is 0 Å². The van der Waals surface area contributed by atoms with Gasteiger partial charge in [-0.25, -0.2) is 14.4 Å². The van der Waals surface area contributed by atoms with Crippen molar-refractivity contribution in [3.8, 4) is 5.69 Å². The summed E-state index contributed by atoms with van der Waals surface area (Å²) in [6.07, 6.45) is 3.60. The van der Waals surface area contributed by atoms with Crippen LogP contribution in [0.2, 0.25) is 5.15 Å². The Kier molecular flexibility index (Phi) is 3.87. The number of fused-ring (bicyclic) bond motifs is 1. The maximum Gasteiger partial charge on any atom is 0.248 e. The molecule has 1 aliphatic heterocycles. The van der Waals surface area contributed by atoms with Gasteiger partial charge in [0.15, 0.2) is 5.15 Å². The summed E-state index contributed by atoms with van der Waals surface area (Å²) in [6.45, 7) is 1.93. The van der Waals surface area contributed by atoms with Gasteiger partial charge in [-0.1, -0.05) is 60.1 Å². The van der Waals surface area contributed by atoms with Gasteiger partial charge in [0, 0.05) is 0 Å². The van der Waals surface area contributed by atoms with Gasteiger partial charge in [-0.15, -0.1) is 10.2 Å². The molecule has 138 valence electrons. The number of rotatable bonds is 3. The van der Waals surface area contributed by atoms with E-state index in [0.717, 1.165) is 28.3 Å². The van der Waals surface area contributed by atoms with E-state index in [-0.39, 0.29) is 0 Å². The van der Waals surface area contributed by atoms with Gasteiger partial charge in [-0.2, -0.15) is 5.10 Å². The second kappa shape index (κ2) is 6.54. The highest BCUT2D eigenvalue weighted by atomic mass is 35.5. The molecule has 0 atom stereocenters. The van der Waals surface area contributed by atoms with E-state index in [1.807, 2.05) is 78.8 Å². The van der Waals surface area contributed by atoms with Gasteiger partial charge in [-0.05, 0) is 24.6 Å². The largest absolute Gasteiger partial charge is 0.321 e. The van der Waals surface area contributed by atoms with Crippen LogP contribution >= 0.6 is 11.6 Å². The molecule has 0 bridgehead atoms. The minimum Gasteiger partial charge on any atom is -0.321 e. The van der Waals surface area contributed by atoms with Crippen molar-refractivity contribution in [1.82, 2.24) is 24.7 Å². The van der Waals surface area contributed by atoms with Crippen LogP contribution in [-0.2, 0) is 0 Å². The lowest BCUT2D eigenvalue weighted by molar-refractivity contribution is 0.799. The van der Waals surface area contributed by atoms with Crippen molar-refractivity contribution in [3.05, 3.63) is 89.6 Å². The average molecular weight is 390 g/mol. The fraction of sp³-hybridized carbons (Fsp3) is 0.0500. The molecule has 1 N–H and O–H groups in total. The molecule has 8 heteroatoms. The van der Waals surface area contributed by atoms with Crippen molar-refractivity contribution in [3.63, 3.8) is 0 Å². The zero-order chi connectivity index (χ0) is 19.1. The maximum absolute atomic E-state index is 6.78. The molecule has 0 radical (unpaired) electrons. The van der Waals surface area contributed by atoms with Gasteiger partial charge < -0.3 is 5.32 Å². The maximum atomic E-state index is 6.78. The Hall–Kier alpha value is -3.58. The second-order valence-corrected chi connectivity index (χ2v) is 6.71. The Morgan fingerprint density at radius 3 is 2.43 bits per heavy atom. The smallest absolute Gasteiger partial charge is 0.248 e. The van der Waals surface area contributed by atoms with Crippen molar-refractivity contribution in [1.29, 1.82) is 0 Å². The molecule has 2 aromatic carbocycles. The van der Waals surface area contributed by atoms with Crippen LogP contribution in [0.25, 0.3) is 11.4 Å². The third kappa shape index (κ3) is 2.64. The lowest BCUT2D eigenvalue weighted by atomic mass is 10.1. The number of hydrogen-bond acceptors (Lipinski definition) is 5. The first-order valence-corrected chi connectivity index (χ1v) is 9.14. The highest BCUT2D eigenvalue weighted by molar-refractivity contribution is 6.32. The summed E-state index contributed by atoms with van der Waals surface area (Å²) in [5, 5.41) is 18.6. The molecule has 7 nitrogen and oxygen atoms in total. The number of aryl methyl sites for hydroxylation is 1. The Morgan fingerprint density at radius 1 is 0.964 bits per heavy atom. The van der Waals surface area contributed by atoms with Gasteiger partial charge in [0.1, 0.15) is 12.0 Å². The van der Waals surface area contributed by atoms with Gasteiger partial charge in [0.05, 0.1) is 23.3 Å². The molecule has 0 amide bonds. The average Bonchev–Trinajstić information content (AvgIpc) is 3.33. The summed E-state index contributed by atoms with van der Waals surface area (Å²) >= 11 is 6.78. The first-order chi connectivity index (χ1) is 13.7. The summed E-state index contributed by atoms with van der Waals surface area (Å²) in [4.78, 5) is 0. The van der Waals surface area contributed by atoms with Gasteiger partial charge in [0.25, 0.3) is 0 Å². The predicted molar refractivity (Wildman–Crippen MR) is 109 cm³/mol. The number of nitrogens with one attached hydrogen (secondary N) is 1. The molecule has 3 heterocycles. The van der Waals surface area contributed by atoms with E-state index in [1.165, 1.54) is 0 Å². The van der Waals surface area contributed by atoms with Crippen molar-refractivity contribution < 1.29 is 0 Å². The van der Waals surface area contributed by atoms with E-state index in [0.29, 0.717) is 11.1 Å². The highest BCUT2D eigenvalue weighted by Crippen LogP contribution is 2.36. The lowest BCUT2D eigenvalue weighted by Crippen LogP contribution is -2.30. The predicted octanol–water partition coefficient (Wildman–Crippen LogP) is 4.12. The second-order valence-electron chi connectivity index (χ2n) is 6.35. The summed E-state index contributed by atoms with van der Waals surface area (Å²) in [5.41, 5.74) is 4.38. The van der Waals surface area contributed by atoms with Gasteiger partial charge in [0.2, 0.25) is 5.95 Å². The van der Waals surface area contributed by atoms with E-state index < -0.39 is 0 Å². The molecule has 1 aliphatic rings. The third-order valence-electron chi connectivity index (χ3n) is 4.55. The molecule has 0 spiro atoms. The Balaban J connectivity index is 1.66. The van der Waals surface area contributed by atoms with Crippen molar-refractivity contribution in [2.75, 3.05) is 10.3 Å². The van der Waals surface area contributed by atoms with Crippen LogP contribution in [0.1, 0.15) is 11.3 Å². The van der Waals surface area contributed by atoms with Crippen molar-refractivity contribution in [2.45, 2.75) is 6.92 Å². The molecule has 4 aromatic rings. The molecule has 5 rings (SSSR count). The number of para-hydroxylation sites is 1. The summed E-state index contributed by atoms with van der Waals surface area (Å²) < 4.78 is 3.53. The van der Waals surface area contributed by atoms with Crippen LogP contribution in [0.15, 0.2) is 73.2 Å². The Labute approximate surface area is 166 Å². The monoisotopic (exact) mass is 389 g/mol. The number of nitrogens with zero attached hydrogens (tertiary/aromatic N) is 6. The fourth-order valence-electron chi connectivity index (χ4n) is 3.24. The Bertz CT molecular complexity index is 1160. The van der Waals surface area contributed by atoms with Crippen LogP contribution in [-0.4, -0.2) is 24.7 Å². The number of hydrogen-bond donors (Lipinski definition) is 1. The van der Waals surface area contributed by atoms with Gasteiger partial charge >= 0.3 is 0 Å². The summed E-state index contributed by atoms with van der Waals surface area (Å²) in [5.74, 6) is 0.601. The number of anilines is 2. The van der Waals surface area contributed by atoms with Gasteiger partial charge in [-0.3, -0.25) is 0 Å². The minimum atomic E-state index is 0.508. The minimum absolute atomic E-state index is 0.508. The zero-order valence-corrected chi connectivity index (χ0v) is 15.7.